The molecule has 2 aliphatic rings. The van der Waals surface area contributed by atoms with Crippen molar-refractivity contribution < 1.29 is 9.59 Å². The third kappa shape index (κ3) is 4.43. The van der Waals surface area contributed by atoms with Gasteiger partial charge < -0.3 is 9.80 Å². The Balaban J connectivity index is 1.74. The van der Waals surface area contributed by atoms with Crippen molar-refractivity contribution in [2.45, 2.75) is 58.9 Å². The molecule has 138 valence electrons. The summed E-state index contributed by atoms with van der Waals surface area (Å²) in [5, 5.41) is 1.98. The van der Waals surface area contributed by atoms with E-state index in [4.69, 9.17) is 0 Å². The van der Waals surface area contributed by atoms with Crippen LogP contribution in [0.2, 0.25) is 0 Å². The Morgan fingerprint density at radius 3 is 2.76 bits per heavy atom. The first kappa shape index (κ1) is 18.4. The summed E-state index contributed by atoms with van der Waals surface area (Å²) in [6.07, 6.45) is 5.06. The molecule has 2 amide bonds. The standard InChI is InChI=1S/C20H30N2O2S/c1-4-5-17-10-16(13-25-17)20(24)21-9-8-19(23)22(11-15-6-7-15)18(12-21)14(2)3/h10,13-15,18H,4-9,11-12H2,1-3H3/t18-/m1/s1. The molecule has 3 rings (SSSR count). The van der Waals surface area contributed by atoms with E-state index >= 15 is 0 Å². The van der Waals surface area contributed by atoms with E-state index in [2.05, 4.69) is 25.7 Å². The van der Waals surface area contributed by atoms with Gasteiger partial charge in [0.25, 0.3) is 5.91 Å². The van der Waals surface area contributed by atoms with Crippen molar-refractivity contribution in [3.63, 3.8) is 0 Å². The second kappa shape index (κ2) is 7.90. The van der Waals surface area contributed by atoms with Crippen molar-refractivity contribution in [1.29, 1.82) is 0 Å². The molecule has 1 aliphatic carbocycles. The number of carbonyl (C=O) groups is 2. The van der Waals surface area contributed by atoms with Gasteiger partial charge in [0.1, 0.15) is 0 Å². The van der Waals surface area contributed by atoms with Crippen LogP contribution in [0.1, 0.15) is 61.7 Å². The van der Waals surface area contributed by atoms with Gasteiger partial charge in [-0.3, -0.25) is 9.59 Å². The van der Waals surface area contributed by atoms with E-state index < -0.39 is 0 Å². The molecule has 4 nitrogen and oxygen atoms in total. The lowest BCUT2D eigenvalue weighted by Gasteiger charge is -2.34. The number of carbonyl (C=O) groups excluding carboxylic acids is 2. The van der Waals surface area contributed by atoms with Crippen molar-refractivity contribution in [2.75, 3.05) is 19.6 Å². The Morgan fingerprint density at radius 2 is 2.12 bits per heavy atom. The topological polar surface area (TPSA) is 40.6 Å². The zero-order chi connectivity index (χ0) is 18.0. The highest BCUT2D eigenvalue weighted by atomic mass is 32.1. The fourth-order valence-electron chi connectivity index (χ4n) is 3.60. The quantitative estimate of drug-likeness (QED) is 0.772. The summed E-state index contributed by atoms with van der Waals surface area (Å²) < 4.78 is 0. The molecule has 5 heteroatoms. The lowest BCUT2D eigenvalue weighted by Crippen LogP contribution is -2.48. The molecule has 2 fully saturated rings. The maximum Gasteiger partial charge on any atom is 0.254 e. The summed E-state index contributed by atoms with van der Waals surface area (Å²) >= 11 is 1.67. The lowest BCUT2D eigenvalue weighted by molar-refractivity contribution is -0.133. The Labute approximate surface area is 155 Å². The number of rotatable bonds is 6. The van der Waals surface area contributed by atoms with Crippen LogP contribution in [-0.4, -0.2) is 47.3 Å². The van der Waals surface area contributed by atoms with E-state index in [0.717, 1.165) is 24.9 Å². The van der Waals surface area contributed by atoms with Crippen LogP contribution >= 0.6 is 11.3 Å². The molecule has 2 heterocycles. The molecule has 1 aromatic heterocycles. The Morgan fingerprint density at radius 1 is 1.36 bits per heavy atom. The van der Waals surface area contributed by atoms with E-state index in [9.17, 15) is 9.59 Å². The molecule has 1 atom stereocenters. The first-order chi connectivity index (χ1) is 12.0. The highest BCUT2D eigenvalue weighted by molar-refractivity contribution is 7.10. The summed E-state index contributed by atoms with van der Waals surface area (Å²) in [7, 11) is 0. The van der Waals surface area contributed by atoms with Gasteiger partial charge in [0.2, 0.25) is 5.91 Å². The third-order valence-corrected chi connectivity index (χ3v) is 6.33. The molecule has 0 unspecified atom stereocenters. The van der Waals surface area contributed by atoms with Gasteiger partial charge in [-0.05, 0) is 37.2 Å². The van der Waals surface area contributed by atoms with Crippen LogP contribution in [0.15, 0.2) is 11.4 Å². The molecule has 1 aliphatic heterocycles. The van der Waals surface area contributed by atoms with E-state index in [-0.39, 0.29) is 17.9 Å². The minimum absolute atomic E-state index is 0.0883. The smallest absolute Gasteiger partial charge is 0.254 e. The maximum absolute atomic E-state index is 13.0. The van der Waals surface area contributed by atoms with Crippen LogP contribution in [0.5, 0.6) is 0 Å². The van der Waals surface area contributed by atoms with Gasteiger partial charge in [-0.2, -0.15) is 0 Å². The van der Waals surface area contributed by atoms with Crippen LogP contribution in [0.3, 0.4) is 0 Å². The van der Waals surface area contributed by atoms with Crippen LogP contribution in [0, 0.1) is 11.8 Å². The minimum atomic E-state index is 0.0883. The summed E-state index contributed by atoms with van der Waals surface area (Å²) in [6.45, 7) is 8.56. The molecule has 1 saturated carbocycles. The van der Waals surface area contributed by atoms with Gasteiger partial charge in [0.15, 0.2) is 0 Å². The van der Waals surface area contributed by atoms with Crippen LogP contribution in [0.4, 0.5) is 0 Å². The number of nitrogens with zero attached hydrogens (tertiary/aromatic N) is 2. The Bertz CT molecular complexity index is 621. The monoisotopic (exact) mass is 362 g/mol. The average molecular weight is 363 g/mol. The summed E-state index contributed by atoms with van der Waals surface area (Å²) in [5.41, 5.74) is 0.791. The molecule has 1 aromatic rings. The zero-order valence-electron chi connectivity index (χ0n) is 15.7. The maximum atomic E-state index is 13.0. The number of thiophene rings is 1. The first-order valence-corrected chi connectivity index (χ1v) is 10.5. The molecule has 0 aromatic carbocycles. The average Bonchev–Trinajstić information content (AvgIpc) is 3.31. The predicted octanol–water partition coefficient (Wildman–Crippen LogP) is 3.81. The van der Waals surface area contributed by atoms with E-state index in [0.29, 0.717) is 31.3 Å². The molecule has 0 bridgehead atoms. The number of hydrogen-bond donors (Lipinski definition) is 0. The third-order valence-electron chi connectivity index (χ3n) is 5.33. The first-order valence-electron chi connectivity index (χ1n) is 9.65. The van der Waals surface area contributed by atoms with E-state index in [1.165, 1.54) is 17.7 Å². The SMILES string of the molecule is CCCc1cc(C(=O)N2CCC(=O)N(CC3CC3)[C@@H](C(C)C)C2)cs1. The number of amides is 2. The number of aryl methyl sites for hydroxylation is 1. The molecular formula is C20H30N2O2S. The van der Waals surface area contributed by atoms with Gasteiger partial charge in [0.05, 0.1) is 11.6 Å². The van der Waals surface area contributed by atoms with Gasteiger partial charge in [-0.25, -0.2) is 0 Å². The Hall–Kier alpha value is -1.36. The second-order valence-electron chi connectivity index (χ2n) is 7.85. The zero-order valence-corrected chi connectivity index (χ0v) is 16.5. The van der Waals surface area contributed by atoms with Crippen LogP contribution in [-0.2, 0) is 11.2 Å². The van der Waals surface area contributed by atoms with Crippen LogP contribution in [0.25, 0.3) is 0 Å². The molecule has 0 radical (unpaired) electrons. The second-order valence-corrected chi connectivity index (χ2v) is 8.85. The number of hydrogen-bond acceptors (Lipinski definition) is 3. The normalized spacial score (nSPS) is 21.8. The van der Waals surface area contributed by atoms with Crippen LogP contribution < -0.4 is 0 Å². The van der Waals surface area contributed by atoms with Crippen molar-refractivity contribution in [2.24, 2.45) is 11.8 Å². The highest BCUT2D eigenvalue weighted by Crippen LogP contribution is 2.32. The fourth-order valence-corrected chi connectivity index (χ4v) is 4.56. The molecule has 0 spiro atoms. The summed E-state index contributed by atoms with van der Waals surface area (Å²) in [6, 6.07) is 2.17. The summed E-state index contributed by atoms with van der Waals surface area (Å²) in [4.78, 5) is 30.9. The van der Waals surface area contributed by atoms with E-state index in [1.807, 2.05) is 16.3 Å². The minimum Gasteiger partial charge on any atom is -0.337 e. The molecule has 0 N–H and O–H groups in total. The van der Waals surface area contributed by atoms with Crippen molar-refractivity contribution in [3.8, 4) is 0 Å². The Kier molecular flexibility index (Phi) is 5.82. The lowest BCUT2D eigenvalue weighted by atomic mass is 10.0. The highest BCUT2D eigenvalue weighted by Gasteiger charge is 2.36. The van der Waals surface area contributed by atoms with Crippen molar-refractivity contribution in [3.05, 3.63) is 21.9 Å². The largest absolute Gasteiger partial charge is 0.337 e. The molecular weight excluding hydrogens is 332 g/mol. The fraction of sp³-hybridized carbons (Fsp3) is 0.700. The summed E-state index contributed by atoms with van der Waals surface area (Å²) in [5.74, 6) is 1.35. The van der Waals surface area contributed by atoms with Gasteiger partial charge >= 0.3 is 0 Å². The van der Waals surface area contributed by atoms with E-state index in [1.54, 1.807) is 11.3 Å². The van der Waals surface area contributed by atoms with Gasteiger partial charge in [0, 0.05) is 36.3 Å². The molecule has 1 saturated heterocycles. The van der Waals surface area contributed by atoms with Crippen molar-refractivity contribution in [1.82, 2.24) is 9.80 Å². The van der Waals surface area contributed by atoms with Gasteiger partial charge in [-0.15, -0.1) is 11.3 Å². The predicted molar refractivity (Wildman–Crippen MR) is 102 cm³/mol. The molecule has 25 heavy (non-hydrogen) atoms. The van der Waals surface area contributed by atoms with Crippen molar-refractivity contribution >= 4 is 23.2 Å². The van der Waals surface area contributed by atoms with Gasteiger partial charge in [-0.1, -0.05) is 27.2 Å².